The minimum atomic E-state index is -0.329. The molecule has 1 aromatic carbocycles. The molecule has 1 aromatic rings. The highest BCUT2D eigenvalue weighted by Gasteiger charge is 1.95. The van der Waals surface area contributed by atoms with Gasteiger partial charge in [0.25, 0.3) is 0 Å². The number of rotatable bonds is 5. The zero-order chi connectivity index (χ0) is 11.8. The third-order valence-electron chi connectivity index (χ3n) is 1.87. The number of hydrogen-bond acceptors (Lipinski definition) is 3. The van der Waals surface area contributed by atoms with Crippen molar-refractivity contribution in [3.05, 3.63) is 35.9 Å². The first-order valence-corrected chi connectivity index (χ1v) is 5.34. The molecule has 0 aliphatic heterocycles. The van der Waals surface area contributed by atoms with Gasteiger partial charge in [0.1, 0.15) is 5.75 Å². The molecule has 0 radical (unpaired) electrons. The van der Waals surface area contributed by atoms with Crippen LogP contribution in [0.4, 0.5) is 0 Å². The second-order valence-electron chi connectivity index (χ2n) is 3.09. The highest BCUT2D eigenvalue weighted by molar-refractivity contribution is 5.87. The maximum Gasteiger partial charge on any atom is 0.330 e. The summed E-state index contributed by atoms with van der Waals surface area (Å²) in [4.78, 5) is 11.1. The van der Waals surface area contributed by atoms with Crippen LogP contribution in [0.1, 0.15) is 19.4 Å². The summed E-state index contributed by atoms with van der Waals surface area (Å²) in [6.07, 6.45) is 3.12. The average Bonchev–Trinajstić information content (AvgIpc) is 2.28. The third kappa shape index (κ3) is 4.17. The van der Waals surface area contributed by atoms with Crippen molar-refractivity contribution in [3.8, 4) is 5.75 Å². The summed E-state index contributed by atoms with van der Waals surface area (Å²) < 4.78 is 10.1. The van der Waals surface area contributed by atoms with E-state index in [0.29, 0.717) is 13.2 Å². The van der Waals surface area contributed by atoms with E-state index in [0.717, 1.165) is 11.3 Å². The summed E-state index contributed by atoms with van der Waals surface area (Å²) in [6.45, 7) is 4.73. The highest BCUT2D eigenvalue weighted by Crippen LogP contribution is 2.14. The summed E-state index contributed by atoms with van der Waals surface area (Å²) in [5.41, 5.74) is 0.916. The molecule has 0 aromatic heterocycles. The Morgan fingerprint density at radius 3 is 2.81 bits per heavy atom. The largest absolute Gasteiger partial charge is 0.494 e. The van der Waals surface area contributed by atoms with Crippen LogP contribution in [0.3, 0.4) is 0 Å². The van der Waals surface area contributed by atoms with Gasteiger partial charge in [-0.1, -0.05) is 12.1 Å². The van der Waals surface area contributed by atoms with Gasteiger partial charge >= 0.3 is 5.97 Å². The van der Waals surface area contributed by atoms with E-state index < -0.39 is 0 Å². The lowest BCUT2D eigenvalue weighted by Crippen LogP contribution is -1.98. The molecule has 0 saturated carbocycles. The van der Waals surface area contributed by atoms with E-state index in [1.54, 1.807) is 13.0 Å². The van der Waals surface area contributed by atoms with Crippen LogP contribution in [0.15, 0.2) is 30.3 Å². The van der Waals surface area contributed by atoms with Crippen LogP contribution in [0, 0.1) is 0 Å². The van der Waals surface area contributed by atoms with E-state index in [-0.39, 0.29) is 5.97 Å². The quantitative estimate of drug-likeness (QED) is 0.565. The van der Waals surface area contributed by atoms with Gasteiger partial charge in [0, 0.05) is 6.08 Å². The molecule has 0 spiro atoms. The molecule has 86 valence electrons. The number of carbonyl (C=O) groups excluding carboxylic acids is 1. The molecule has 0 aliphatic rings. The Bertz CT molecular complexity index is 369. The fourth-order valence-corrected chi connectivity index (χ4v) is 1.23. The standard InChI is InChI=1S/C13H16O3/c1-3-15-12-7-5-6-11(10-12)8-9-13(14)16-4-2/h5-10H,3-4H2,1-2H3/b9-8+. The van der Waals surface area contributed by atoms with Crippen LogP contribution in [-0.2, 0) is 9.53 Å². The van der Waals surface area contributed by atoms with Gasteiger partial charge < -0.3 is 9.47 Å². The predicted molar refractivity (Wildman–Crippen MR) is 63.3 cm³/mol. The van der Waals surface area contributed by atoms with Crippen molar-refractivity contribution in [3.63, 3.8) is 0 Å². The fraction of sp³-hybridized carbons (Fsp3) is 0.308. The van der Waals surface area contributed by atoms with Crippen molar-refractivity contribution in [1.82, 2.24) is 0 Å². The van der Waals surface area contributed by atoms with E-state index in [1.807, 2.05) is 31.2 Å². The zero-order valence-electron chi connectivity index (χ0n) is 9.60. The van der Waals surface area contributed by atoms with E-state index in [2.05, 4.69) is 0 Å². The summed E-state index contributed by atoms with van der Waals surface area (Å²) in [6, 6.07) is 7.54. The summed E-state index contributed by atoms with van der Waals surface area (Å²) in [5, 5.41) is 0. The van der Waals surface area contributed by atoms with Crippen LogP contribution in [-0.4, -0.2) is 19.2 Å². The predicted octanol–water partition coefficient (Wildman–Crippen LogP) is 2.66. The lowest BCUT2D eigenvalue weighted by Gasteiger charge is -2.02. The van der Waals surface area contributed by atoms with Crippen LogP contribution < -0.4 is 4.74 Å². The molecule has 3 nitrogen and oxygen atoms in total. The molecular weight excluding hydrogens is 204 g/mol. The lowest BCUT2D eigenvalue weighted by molar-refractivity contribution is -0.137. The molecule has 0 bridgehead atoms. The fourth-order valence-electron chi connectivity index (χ4n) is 1.23. The minimum Gasteiger partial charge on any atom is -0.494 e. The first-order chi connectivity index (χ1) is 7.76. The van der Waals surface area contributed by atoms with Crippen LogP contribution in [0.25, 0.3) is 6.08 Å². The topological polar surface area (TPSA) is 35.5 Å². The molecule has 0 atom stereocenters. The van der Waals surface area contributed by atoms with Crippen molar-refractivity contribution in [2.75, 3.05) is 13.2 Å². The van der Waals surface area contributed by atoms with E-state index in [1.165, 1.54) is 6.08 Å². The molecule has 0 amide bonds. The molecule has 1 rings (SSSR count). The van der Waals surface area contributed by atoms with E-state index in [9.17, 15) is 4.79 Å². The van der Waals surface area contributed by atoms with Gasteiger partial charge in [-0.15, -0.1) is 0 Å². The Labute approximate surface area is 95.7 Å². The lowest BCUT2D eigenvalue weighted by atomic mass is 10.2. The smallest absolute Gasteiger partial charge is 0.330 e. The van der Waals surface area contributed by atoms with E-state index >= 15 is 0 Å². The SMILES string of the molecule is CCOC(=O)/C=C/c1cccc(OCC)c1. The summed E-state index contributed by atoms with van der Waals surface area (Å²) >= 11 is 0. The number of ether oxygens (including phenoxy) is 2. The third-order valence-corrected chi connectivity index (χ3v) is 1.87. The molecule has 0 unspecified atom stereocenters. The Balaban J connectivity index is 2.66. The van der Waals surface area contributed by atoms with Gasteiger partial charge in [0.05, 0.1) is 13.2 Å². The molecular formula is C13H16O3. The van der Waals surface area contributed by atoms with Crippen molar-refractivity contribution < 1.29 is 14.3 Å². The Kier molecular flexibility index (Phi) is 5.12. The maximum atomic E-state index is 11.1. The summed E-state index contributed by atoms with van der Waals surface area (Å²) in [5.74, 6) is 0.470. The first-order valence-electron chi connectivity index (χ1n) is 5.34. The van der Waals surface area contributed by atoms with Gasteiger partial charge in [0.2, 0.25) is 0 Å². The van der Waals surface area contributed by atoms with Gasteiger partial charge in [0.15, 0.2) is 0 Å². The number of carbonyl (C=O) groups is 1. The van der Waals surface area contributed by atoms with E-state index in [4.69, 9.17) is 9.47 Å². The highest BCUT2D eigenvalue weighted by atomic mass is 16.5. The van der Waals surface area contributed by atoms with Crippen LogP contribution in [0.5, 0.6) is 5.75 Å². The van der Waals surface area contributed by atoms with Gasteiger partial charge in [-0.25, -0.2) is 4.79 Å². The van der Waals surface area contributed by atoms with Gasteiger partial charge in [-0.2, -0.15) is 0 Å². The van der Waals surface area contributed by atoms with Crippen molar-refractivity contribution in [2.24, 2.45) is 0 Å². The molecule has 0 saturated heterocycles. The second kappa shape index (κ2) is 6.67. The number of benzene rings is 1. The molecule has 0 N–H and O–H groups in total. The molecule has 0 heterocycles. The minimum absolute atomic E-state index is 0.329. The van der Waals surface area contributed by atoms with Crippen LogP contribution in [0.2, 0.25) is 0 Å². The molecule has 16 heavy (non-hydrogen) atoms. The zero-order valence-corrected chi connectivity index (χ0v) is 9.60. The van der Waals surface area contributed by atoms with Crippen molar-refractivity contribution >= 4 is 12.0 Å². The monoisotopic (exact) mass is 220 g/mol. The normalized spacial score (nSPS) is 10.4. The average molecular weight is 220 g/mol. The Morgan fingerprint density at radius 1 is 1.31 bits per heavy atom. The van der Waals surface area contributed by atoms with Crippen molar-refractivity contribution in [1.29, 1.82) is 0 Å². The van der Waals surface area contributed by atoms with Gasteiger partial charge in [-0.3, -0.25) is 0 Å². The Morgan fingerprint density at radius 2 is 2.12 bits per heavy atom. The molecule has 3 heteroatoms. The number of hydrogen-bond donors (Lipinski definition) is 0. The van der Waals surface area contributed by atoms with Gasteiger partial charge in [-0.05, 0) is 37.6 Å². The van der Waals surface area contributed by atoms with Crippen molar-refractivity contribution in [2.45, 2.75) is 13.8 Å². The first kappa shape index (κ1) is 12.3. The summed E-state index contributed by atoms with van der Waals surface area (Å²) in [7, 11) is 0. The maximum absolute atomic E-state index is 11.1. The molecule has 0 fully saturated rings. The molecule has 0 aliphatic carbocycles. The number of esters is 1. The second-order valence-corrected chi connectivity index (χ2v) is 3.09. The Hall–Kier alpha value is -1.77. The van der Waals surface area contributed by atoms with Crippen LogP contribution >= 0.6 is 0 Å².